The SMILES string of the molecule is CC(O)c1ccnc2c(F)cc(-c3nc(Nc4ccc(C5CCN(C(=O)OC(C)(C)C)CC5)cn4)ncc3F)cc12. The van der Waals surface area contributed by atoms with Gasteiger partial charge in [-0.2, -0.15) is 0 Å². The number of amides is 1. The number of nitrogens with one attached hydrogen (secondary N) is 1. The Morgan fingerprint density at radius 2 is 1.83 bits per heavy atom. The predicted molar refractivity (Wildman–Crippen MR) is 151 cm³/mol. The van der Waals surface area contributed by atoms with Crippen molar-refractivity contribution in [1.29, 1.82) is 0 Å². The number of carbonyl (C=O) groups excluding carboxylic acids is 1. The second kappa shape index (κ2) is 11.3. The molecule has 0 aliphatic carbocycles. The first-order valence-electron chi connectivity index (χ1n) is 13.5. The second-order valence-electron chi connectivity index (χ2n) is 11.2. The normalized spacial score (nSPS) is 15.1. The molecular weight excluding hydrogens is 530 g/mol. The fourth-order valence-corrected chi connectivity index (χ4v) is 4.92. The fourth-order valence-electron chi connectivity index (χ4n) is 4.92. The molecule has 0 bridgehead atoms. The Labute approximate surface area is 236 Å². The molecule has 9 nitrogen and oxygen atoms in total. The summed E-state index contributed by atoms with van der Waals surface area (Å²) in [5.41, 5.74) is 1.17. The molecule has 1 aromatic carbocycles. The molecule has 1 aliphatic rings. The highest BCUT2D eigenvalue weighted by Gasteiger charge is 2.27. The third-order valence-corrected chi connectivity index (χ3v) is 6.94. The van der Waals surface area contributed by atoms with Gasteiger partial charge in [-0.1, -0.05) is 6.07 Å². The van der Waals surface area contributed by atoms with Gasteiger partial charge in [0.25, 0.3) is 0 Å². The zero-order valence-electron chi connectivity index (χ0n) is 23.4. The number of pyridine rings is 2. The highest BCUT2D eigenvalue weighted by Crippen LogP contribution is 2.32. The van der Waals surface area contributed by atoms with E-state index in [1.54, 1.807) is 36.2 Å². The van der Waals surface area contributed by atoms with Crippen LogP contribution in [0.4, 0.5) is 25.3 Å². The van der Waals surface area contributed by atoms with Gasteiger partial charge in [-0.25, -0.2) is 28.5 Å². The van der Waals surface area contributed by atoms with E-state index in [0.29, 0.717) is 29.9 Å². The van der Waals surface area contributed by atoms with E-state index in [4.69, 9.17) is 4.74 Å². The highest BCUT2D eigenvalue weighted by molar-refractivity contribution is 5.87. The minimum Gasteiger partial charge on any atom is -0.444 e. The quantitative estimate of drug-likeness (QED) is 0.292. The van der Waals surface area contributed by atoms with Crippen LogP contribution >= 0.6 is 0 Å². The minimum absolute atomic E-state index is 0.0831. The third-order valence-electron chi connectivity index (χ3n) is 6.94. The number of halogens is 2. The topological polar surface area (TPSA) is 113 Å². The number of ether oxygens (including phenoxy) is 1. The number of piperidine rings is 1. The number of anilines is 2. The fraction of sp³-hybridized carbons (Fsp3) is 0.367. The van der Waals surface area contributed by atoms with Crippen LogP contribution in [0.3, 0.4) is 0 Å². The standard InChI is InChI=1S/C30H32F2N6O3/c1-17(39)21-7-10-33-27-22(21)13-20(14-23(27)31)26-24(32)16-35-28(37-26)36-25-6-5-19(15-34-25)18-8-11-38(12-9-18)29(40)41-30(2,3)4/h5-7,10,13-18,39H,8-9,11-12H2,1-4H3,(H,34,35,36,37). The lowest BCUT2D eigenvalue weighted by Crippen LogP contribution is -2.41. The van der Waals surface area contributed by atoms with Crippen molar-refractivity contribution < 1.29 is 23.4 Å². The molecule has 3 aromatic heterocycles. The minimum atomic E-state index is -0.866. The molecule has 4 aromatic rings. The maximum absolute atomic E-state index is 14.9. The van der Waals surface area contributed by atoms with E-state index in [1.165, 1.54) is 6.20 Å². The summed E-state index contributed by atoms with van der Waals surface area (Å²) in [5, 5.41) is 13.5. The second-order valence-corrected chi connectivity index (χ2v) is 11.2. The van der Waals surface area contributed by atoms with Crippen LogP contribution in [0.1, 0.15) is 63.7 Å². The summed E-state index contributed by atoms with van der Waals surface area (Å²) in [5.74, 6) is -0.565. The van der Waals surface area contributed by atoms with Crippen molar-refractivity contribution in [2.75, 3.05) is 18.4 Å². The maximum Gasteiger partial charge on any atom is 0.410 e. The monoisotopic (exact) mass is 562 g/mol. The van der Waals surface area contributed by atoms with Gasteiger partial charge in [0.1, 0.15) is 28.4 Å². The maximum atomic E-state index is 14.9. The van der Waals surface area contributed by atoms with Crippen molar-refractivity contribution in [1.82, 2.24) is 24.8 Å². The van der Waals surface area contributed by atoms with E-state index in [0.717, 1.165) is 30.7 Å². The molecule has 11 heteroatoms. The van der Waals surface area contributed by atoms with Crippen LogP contribution < -0.4 is 5.32 Å². The van der Waals surface area contributed by atoms with Gasteiger partial charge >= 0.3 is 6.09 Å². The number of hydrogen-bond donors (Lipinski definition) is 2. The number of hydrogen-bond acceptors (Lipinski definition) is 8. The summed E-state index contributed by atoms with van der Waals surface area (Å²) >= 11 is 0. The van der Waals surface area contributed by atoms with Crippen molar-refractivity contribution in [3.63, 3.8) is 0 Å². The predicted octanol–water partition coefficient (Wildman–Crippen LogP) is 6.28. The molecule has 2 N–H and O–H groups in total. The Hall–Kier alpha value is -4.25. The van der Waals surface area contributed by atoms with E-state index in [-0.39, 0.29) is 34.7 Å². The van der Waals surface area contributed by atoms with Gasteiger partial charge in [-0.05, 0) is 81.8 Å². The molecular formula is C30H32F2N6O3. The molecule has 1 atom stereocenters. The van der Waals surface area contributed by atoms with Crippen molar-refractivity contribution >= 4 is 28.8 Å². The molecule has 5 rings (SSSR count). The molecule has 1 amide bonds. The molecule has 1 saturated heterocycles. The van der Waals surface area contributed by atoms with Crippen molar-refractivity contribution in [3.05, 3.63) is 71.7 Å². The average Bonchev–Trinajstić information content (AvgIpc) is 2.93. The molecule has 1 aliphatic heterocycles. The van der Waals surface area contributed by atoms with Crippen molar-refractivity contribution in [2.24, 2.45) is 0 Å². The molecule has 214 valence electrons. The first-order valence-corrected chi connectivity index (χ1v) is 13.5. The smallest absolute Gasteiger partial charge is 0.410 e. The van der Waals surface area contributed by atoms with E-state index < -0.39 is 23.3 Å². The molecule has 41 heavy (non-hydrogen) atoms. The van der Waals surface area contributed by atoms with E-state index in [2.05, 4.69) is 25.3 Å². The number of carbonyl (C=O) groups is 1. The molecule has 4 heterocycles. The lowest BCUT2D eigenvalue weighted by molar-refractivity contribution is 0.0204. The Balaban J connectivity index is 1.30. The van der Waals surface area contributed by atoms with Crippen LogP contribution in [-0.2, 0) is 4.74 Å². The average molecular weight is 563 g/mol. The number of benzene rings is 1. The van der Waals surface area contributed by atoms with Gasteiger partial charge in [0.2, 0.25) is 5.95 Å². The molecule has 1 fully saturated rings. The number of aliphatic hydroxyl groups excluding tert-OH is 1. The van der Waals surface area contributed by atoms with Crippen LogP contribution in [-0.4, -0.2) is 54.7 Å². The summed E-state index contributed by atoms with van der Waals surface area (Å²) in [6.07, 6.45) is 4.64. The molecule has 0 saturated carbocycles. The highest BCUT2D eigenvalue weighted by atomic mass is 19.1. The number of likely N-dealkylation sites (tertiary alicyclic amines) is 1. The third kappa shape index (κ3) is 6.40. The van der Waals surface area contributed by atoms with Crippen LogP contribution in [0, 0.1) is 11.6 Å². The first-order chi connectivity index (χ1) is 19.5. The molecule has 0 spiro atoms. The zero-order chi connectivity index (χ0) is 29.3. The summed E-state index contributed by atoms with van der Waals surface area (Å²) in [4.78, 5) is 30.9. The Kier molecular flexibility index (Phi) is 7.81. The summed E-state index contributed by atoms with van der Waals surface area (Å²) < 4.78 is 35.2. The van der Waals surface area contributed by atoms with Gasteiger partial charge in [0.05, 0.1) is 12.3 Å². The first kappa shape index (κ1) is 28.3. The van der Waals surface area contributed by atoms with Crippen LogP contribution in [0.15, 0.2) is 48.9 Å². The number of aromatic nitrogens is 4. The summed E-state index contributed by atoms with van der Waals surface area (Å²) in [6.45, 7) is 8.34. The van der Waals surface area contributed by atoms with E-state index >= 15 is 0 Å². The van der Waals surface area contributed by atoms with Gasteiger partial charge in [-0.15, -0.1) is 0 Å². The van der Waals surface area contributed by atoms with Crippen LogP contribution in [0.5, 0.6) is 0 Å². The zero-order valence-corrected chi connectivity index (χ0v) is 23.4. The van der Waals surface area contributed by atoms with Crippen LogP contribution in [0.2, 0.25) is 0 Å². The number of aliphatic hydroxyl groups is 1. The molecule has 1 unspecified atom stereocenters. The van der Waals surface area contributed by atoms with Crippen molar-refractivity contribution in [3.8, 4) is 11.3 Å². The van der Waals surface area contributed by atoms with Crippen LogP contribution in [0.25, 0.3) is 22.2 Å². The Morgan fingerprint density at radius 3 is 2.49 bits per heavy atom. The number of nitrogens with zero attached hydrogens (tertiary/aromatic N) is 5. The van der Waals surface area contributed by atoms with E-state index in [1.807, 2.05) is 26.8 Å². The lowest BCUT2D eigenvalue weighted by Gasteiger charge is -2.33. The number of fused-ring (bicyclic) bond motifs is 1. The Morgan fingerprint density at radius 1 is 1.07 bits per heavy atom. The molecule has 0 radical (unpaired) electrons. The van der Waals surface area contributed by atoms with E-state index in [9.17, 15) is 18.7 Å². The Bertz CT molecular complexity index is 1570. The number of rotatable bonds is 5. The summed E-state index contributed by atoms with van der Waals surface area (Å²) in [7, 11) is 0. The summed E-state index contributed by atoms with van der Waals surface area (Å²) in [6, 6.07) is 8.07. The van der Waals surface area contributed by atoms with Gasteiger partial charge in [0, 0.05) is 36.4 Å². The van der Waals surface area contributed by atoms with Gasteiger partial charge in [0.15, 0.2) is 5.82 Å². The van der Waals surface area contributed by atoms with Gasteiger partial charge in [-0.3, -0.25) is 4.98 Å². The lowest BCUT2D eigenvalue weighted by atomic mass is 9.90. The van der Waals surface area contributed by atoms with Gasteiger partial charge < -0.3 is 20.1 Å². The van der Waals surface area contributed by atoms with Crippen molar-refractivity contribution in [2.45, 2.75) is 58.2 Å². The largest absolute Gasteiger partial charge is 0.444 e.